The van der Waals surface area contributed by atoms with Crippen LogP contribution in [0.3, 0.4) is 0 Å². The summed E-state index contributed by atoms with van der Waals surface area (Å²) in [6, 6.07) is 10.4. The maximum Gasteiger partial charge on any atom is 0.192 e. The van der Waals surface area contributed by atoms with Gasteiger partial charge in [-0.05, 0) is 49.9 Å². The van der Waals surface area contributed by atoms with Crippen molar-refractivity contribution in [2.45, 2.75) is 77.8 Å². The lowest BCUT2D eigenvalue weighted by Gasteiger charge is -2.38. The highest BCUT2D eigenvalue weighted by atomic mass is 28.4. The number of hydrogen-bond donors (Lipinski definition) is 0. The molecule has 126 valence electrons. The van der Waals surface area contributed by atoms with Crippen molar-refractivity contribution in [2.24, 2.45) is 0 Å². The summed E-state index contributed by atoms with van der Waals surface area (Å²) in [5, 5.41) is 0.292. The summed E-state index contributed by atoms with van der Waals surface area (Å²) in [4.78, 5) is 0. The predicted octanol–water partition coefficient (Wildman–Crippen LogP) is 5.78. The zero-order valence-corrected chi connectivity index (χ0v) is 16.3. The second kappa shape index (κ2) is 8.85. The van der Waals surface area contributed by atoms with E-state index in [-0.39, 0.29) is 0 Å². The van der Waals surface area contributed by atoms with E-state index in [1.807, 2.05) is 6.07 Å². The van der Waals surface area contributed by atoms with Gasteiger partial charge in [-0.3, -0.25) is 0 Å². The first-order valence-electron chi connectivity index (χ1n) is 8.52. The van der Waals surface area contributed by atoms with Gasteiger partial charge in [0.15, 0.2) is 8.32 Å². The Hall–Kier alpha value is -0.643. The molecule has 0 heterocycles. The van der Waals surface area contributed by atoms with Gasteiger partial charge in [-0.15, -0.1) is 0 Å². The highest BCUT2D eigenvalue weighted by Crippen LogP contribution is 2.37. The maximum atomic E-state index is 6.38. The number of hydrogen-bond acceptors (Lipinski definition) is 2. The van der Waals surface area contributed by atoms with E-state index in [0.29, 0.717) is 11.1 Å². The van der Waals surface area contributed by atoms with Gasteiger partial charge in [0.2, 0.25) is 0 Å². The minimum atomic E-state index is -1.62. The SMILES string of the molecule is C[C@H](CCCCOCc1ccccc1)O[Si](C)(C)C(C)(C)C. The van der Waals surface area contributed by atoms with E-state index in [4.69, 9.17) is 9.16 Å². The Bertz CT molecular complexity index is 409. The number of benzene rings is 1. The molecule has 0 aliphatic carbocycles. The summed E-state index contributed by atoms with van der Waals surface area (Å²) in [5.74, 6) is 0. The van der Waals surface area contributed by atoms with Crippen LogP contribution >= 0.6 is 0 Å². The van der Waals surface area contributed by atoms with Gasteiger partial charge in [0.25, 0.3) is 0 Å². The number of unbranched alkanes of at least 4 members (excludes halogenated alkanes) is 1. The Morgan fingerprint density at radius 2 is 1.68 bits per heavy atom. The molecule has 0 fully saturated rings. The molecular formula is C19H34O2Si. The average molecular weight is 323 g/mol. The van der Waals surface area contributed by atoms with Crippen molar-refractivity contribution in [1.29, 1.82) is 0 Å². The molecule has 0 radical (unpaired) electrons. The van der Waals surface area contributed by atoms with E-state index >= 15 is 0 Å². The van der Waals surface area contributed by atoms with Crippen molar-refractivity contribution in [3.8, 4) is 0 Å². The van der Waals surface area contributed by atoms with Crippen LogP contribution in [0.1, 0.15) is 52.5 Å². The minimum absolute atomic E-state index is 0.292. The van der Waals surface area contributed by atoms with E-state index < -0.39 is 8.32 Å². The van der Waals surface area contributed by atoms with Crippen LogP contribution in [-0.4, -0.2) is 21.0 Å². The Balaban J connectivity index is 2.12. The van der Waals surface area contributed by atoms with E-state index in [0.717, 1.165) is 26.1 Å². The van der Waals surface area contributed by atoms with E-state index in [1.165, 1.54) is 12.0 Å². The molecular weight excluding hydrogens is 288 g/mol. The Labute approximate surface area is 138 Å². The maximum absolute atomic E-state index is 6.38. The van der Waals surface area contributed by atoms with Crippen molar-refractivity contribution in [2.75, 3.05) is 6.61 Å². The summed E-state index contributed by atoms with van der Waals surface area (Å²) >= 11 is 0. The van der Waals surface area contributed by atoms with Crippen LogP contribution < -0.4 is 0 Å². The molecule has 0 aliphatic rings. The molecule has 0 saturated heterocycles. The summed E-state index contributed by atoms with van der Waals surface area (Å²) < 4.78 is 12.1. The second-order valence-corrected chi connectivity index (χ2v) is 12.5. The monoisotopic (exact) mass is 322 g/mol. The summed E-state index contributed by atoms with van der Waals surface area (Å²) in [6.07, 6.45) is 3.76. The summed E-state index contributed by atoms with van der Waals surface area (Å²) in [7, 11) is -1.62. The van der Waals surface area contributed by atoms with Gasteiger partial charge in [-0.1, -0.05) is 51.1 Å². The number of ether oxygens (including phenoxy) is 1. The third-order valence-electron chi connectivity index (χ3n) is 4.56. The largest absolute Gasteiger partial charge is 0.414 e. The van der Waals surface area contributed by atoms with Crippen molar-refractivity contribution in [1.82, 2.24) is 0 Å². The fourth-order valence-corrected chi connectivity index (χ4v) is 3.62. The van der Waals surface area contributed by atoms with Crippen LogP contribution in [-0.2, 0) is 15.8 Å². The summed E-state index contributed by atoms with van der Waals surface area (Å²) in [5.41, 5.74) is 1.25. The van der Waals surface area contributed by atoms with Gasteiger partial charge in [0, 0.05) is 12.7 Å². The van der Waals surface area contributed by atoms with Crippen molar-refractivity contribution in [3.63, 3.8) is 0 Å². The van der Waals surface area contributed by atoms with Crippen LogP contribution in [0.4, 0.5) is 0 Å². The first-order valence-corrected chi connectivity index (χ1v) is 11.4. The first kappa shape index (κ1) is 19.4. The van der Waals surface area contributed by atoms with E-state index in [9.17, 15) is 0 Å². The highest BCUT2D eigenvalue weighted by Gasteiger charge is 2.38. The molecule has 0 aliphatic heterocycles. The molecule has 0 amide bonds. The molecule has 0 saturated carbocycles. The lowest BCUT2D eigenvalue weighted by atomic mass is 10.2. The third-order valence-corrected chi connectivity index (χ3v) is 9.17. The van der Waals surface area contributed by atoms with Gasteiger partial charge in [0.05, 0.1) is 6.61 Å². The van der Waals surface area contributed by atoms with Gasteiger partial charge >= 0.3 is 0 Å². The fourth-order valence-electron chi connectivity index (χ4n) is 2.14. The molecule has 3 heteroatoms. The van der Waals surface area contributed by atoms with Crippen molar-refractivity contribution < 1.29 is 9.16 Å². The molecule has 0 spiro atoms. The minimum Gasteiger partial charge on any atom is -0.414 e. The average Bonchev–Trinajstić information content (AvgIpc) is 2.42. The van der Waals surface area contributed by atoms with E-state index in [2.05, 4.69) is 65.1 Å². The Morgan fingerprint density at radius 3 is 2.27 bits per heavy atom. The zero-order chi connectivity index (χ0) is 16.6. The normalized spacial score (nSPS) is 14.1. The Morgan fingerprint density at radius 1 is 1.05 bits per heavy atom. The number of rotatable bonds is 9. The Kier molecular flexibility index (Phi) is 7.81. The van der Waals surface area contributed by atoms with Crippen molar-refractivity contribution in [3.05, 3.63) is 35.9 Å². The topological polar surface area (TPSA) is 18.5 Å². The van der Waals surface area contributed by atoms with Gasteiger partial charge in [0.1, 0.15) is 0 Å². The standard InChI is InChI=1S/C19H34O2Si/c1-17(21-22(5,6)19(2,3)4)12-10-11-15-20-16-18-13-8-7-9-14-18/h7-9,13-14,17H,10-12,15-16H2,1-6H3/t17-/m1/s1. The first-order chi connectivity index (χ1) is 10.2. The summed E-state index contributed by atoms with van der Waals surface area (Å²) in [6.45, 7) is 15.3. The molecule has 0 N–H and O–H groups in total. The van der Waals surface area contributed by atoms with Gasteiger partial charge < -0.3 is 9.16 Å². The molecule has 1 aromatic carbocycles. The van der Waals surface area contributed by atoms with Crippen LogP contribution in [0, 0.1) is 0 Å². The third kappa shape index (κ3) is 7.08. The smallest absolute Gasteiger partial charge is 0.192 e. The van der Waals surface area contributed by atoms with Crippen LogP contribution in [0.15, 0.2) is 30.3 Å². The van der Waals surface area contributed by atoms with Crippen LogP contribution in [0.2, 0.25) is 18.1 Å². The molecule has 1 rings (SSSR count). The van der Waals surface area contributed by atoms with Crippen LogP contribution in [0.25, 0.3) is 0 Å². The predicted molar refractivity (Wildman–Crippen MR) is 97.7 cm³/mol. The van der Waals surface area contributed by atoms with Crippen LogP contribution in [0.5, 0.6) is 0 Å². The van der Waals surface area contributed by atoms with Crippen molar-refractivity contribution >= 4 is 8.32 Å². The quantitative estimate of drug-likeness (QED) is 0.423. The second-order valence-electron chi connectivity index (χ2n) is 7.72. The highest BCUT2D eigenvalue weighted by molar-refractivity contribution is 6.74. The molecule has 22 heavy (non-hydrogen) atoms. The zero-order valence-electron chi connectivity index (χ0n) is 15.3. The lowest BCUT2D eigenvalue weighted by molar-refractivity contribution is 0.112. The molecule has 0 aromatic heterocycles. The van der Waals surface area contributed by atoms with E-state index in [1.54, 1.807) is 0 Å². The molecule has 0 unspecified atom stereocenters. The molecule has 0 bridgehead atoms. The molecule has 1 atom stereocenters. The fraction of sp³-hybridized carbons (Fsp3) is 0.684. The molecule has 1 aromatic rings. The van der Waals surface area contributed by atoms with Gasteiger partial charge in [-0.2, -0.15) is 0 Å². The lowest BCUT2D eigenvalue weighted by Crippen LogP contribution is -2.43. The van der Waals surface area contributed by atoms with Gasteiger partial charge in [-0.25, -0.2) is 0 Å². The molecule has 2 nitrogen and oxygen atoms in total.